The predicted octanol–water partition coefficient (Wildman–Crippen LogP) is 1.70. The van der Waals surface area contributed by atoms with Crippen molar-refractivity contribution in [3.05, 3.63) is 0 Å². The Balaban J connectivity index is 3.62. The van der Waals surface area contributed by atoms with Crippen LogP contribution in [0.4, 0.5) is 0 Å². The van der Waals surface area contributed by atoms with Crippen LogP contribution in [0.3, 0.4) is 0 Å². The van der Waals surface area contributed by atoms with E-state index in [4.69, 9.17) is 0 Å². The van der Waals surface area contributed by atoms with Crippen molar-refractivity contribution in [3.63, 3.8) is 0 Å². The highest BCUT2D eigenvalue weighted by molar-refractivity contribution is 5.69. The van der Waals surface area contributed by atoms with Crippen LogP contribution in [-0.2, 0) is 29.4 Å². The van der Waals surface area contributed by atoms with Crippen molar-refractivity contribution < 1.29 is 29.4 Å². The molecule has 0 aromatic carbocycles. The van der Waals surface area contributed by atoms with Crippen LogP contribution < -0.4 is 0 Å². The lowest BCUT2D eigenvalue weighted by Crippen LogP contribution is -2.18. The van der Waals surface area contributed by atoms with Gasteiger partial charge in [-0.25, -0.2) is 9.59 Å². The van der Waals surface area contributed by atoms with Crippen LogP contribution in [0.15, 0.2) is 0 Å². The molecule has 6 nitrogen and oxygen atoms in total. The molecule has 0 saturated carbocycles. The molecule has 0 bridgehead atoms. The summed E-state index contributed by atoms with van der Waals surface area (Å²) >= 11 is 0. The fourth-order valence-electron chi connectivity index (χ4n) is 0.659. The van der Waals surface area contributed by atoms with Crippen LogP contribution in [0.25, 0.3) is 0 Å². The highest BCUT2D eigenvalue weighted by atomic mass is 17.7. The van der Waals surface area contributed by atoms with Crippen molar-refractivity contribution in [1.29, 1.82) is 0 Å². The van der Waals surface area contributed by atoms with Gasteiger partial charge in [0.05, 0.1) is 6.42 Å². The molecule has 0 amide bonds. The third kappa shape index (κ3) is 7.90. The molecule has 0 aromatic heterocycles. The molecule has 0 atom stereocenters. The lowest BCUT2D eigenvalue weighted by Gasteiger charge is -2.19. The lowest BCUT2D eigenvalue weighted by atomic mass is 9.87. The fourth-order valence-corrected chi connectivity index (χ4v) is 0.659. The normalized spacial score (nSPS) is 10.9. The van der Waals surface area contributed by atoms with E-state index in [1.807, 2.05) is 20.8 Å². The number of rotatable bonds is 6. The zero-order valence-electron chi connectivity index (χ0n) is 9.36. The first-order valence-electron chi connectivity index (χ1n) is 4.58. The first-order valence-corrected chi connectivity index (χ1v) is 4.58. The Morgan fingerprint density at radius 1 is 1.13 bits per heavy atom. The second kappa shape index (κ2) is 6.36. The summed E-state index contributed by atoms with van der Waals surface area (Å²) < 4.78 is 0. The Bertz CT molecular complexity index is 223. The first-order chi connectivity index (χ1) is 6.87. The molecule has 0 aliphatic carbocycles. The van der Waals surface area contributed by atoms with E-state index in [0.29, 0.717) is 0 Å². The summed E-state index contributed by atoms with van der Waals surface area (Å²) in [6, 6.07) is 0. The molecule has 0 aliphatic heterocycles. The lowest BCUT2D eigenvalue weighted by molar-refractivity contribution is -0.600. The highest BCUT2D eigenvalue weighted by Gasteiger charge is 2.21. The minimum atomic E-state index is -0.708. The van der Waals surface area contributed by atoms with Crippen molar-refractivity contribution >= 4 is 11.9 Å². The Hall–Kier alpha value is -1.14. The first kappa shape index (κ1) is 13.9. The second-order valence-corrected chi connectivity index (χ2v) is 3.86. The van der Waals surface area contributed by atoms with Gasteiger partial charge in [-0.2, -0.15) is 0 Å². The van der Waals surface area contributed by atoms with Gasteiger partial charge < -0.3 is 0 Å². The topological polar surface area (TPSA) is 71.1 Å². The molecule has 88 valence electrons. The molecule has 0 heterocycles. The van der Waals surface area contributed by atoms with Crippen LogP contribution in [0, 0.1) is 5.41 Å². The van der Waals surface area contributed by atoms with Gasteiger partial charge in [-0.1, -0.05) is 27.2 Å². The fraction of sp³-hybridized carbons (Fsp3) is 0.778. The smallest absolute Gasteiger partial charge is 0.266 e. The standard InChI is InChI=1S/C9H16O6/c1-5-9(3,4)6-8(11)13-15-14-12-7(2)10/h5-6H2,1-4H3. The molecule has 0 radical (unpaired) electrons. The van der Waals surface area contributed by atoms with E-state index in [9.17, 15) is 9.59 Å². The van der Waals surface area contributed by atoms with Crippen molar-refractivity contribution in [2.45, 2.75) is 40.5 Å². The zero-order valence-corrected chi connectivity index (χ0v) is 9.36. The average molecular weight is 220 g/mol. The minimum absolute atomic E-state index is 0.165. The van der Waals surface area contributed by atoms with Gasteiger partial charge in [0.1, 0.15) is 0 Å². The van der Waals surface area contributed by atoms with Gasteiger partial charge in [-0.3, -0.25) is 9.78 Å². The van der Waals surface area contributed by atoms with Gasteiger partial charge in [-0.15, -0.1) is 0 Å². The van der Waals surface area contributed by atoms with Gasteiger partial charge in [0.15, 0.2) is 0 Å². The molecule has 0 N–H and O–H groups in total. The SMILES string of the molecule is CCC(C)(C)CC(=O)OOOOC(C)=O. The Labute approximate surface area is 88.2 Å². The van der Waals surface area contributed by atoms with Gasteiger partial charge in [0.25, 0.3) is 0 Å². The third-order valence-corrected chi connectivity index (χ3v) is 1.89. The van der Waals surface area contributed by atoms with Crippen LogP contribution >= 0.6 is 0 Å². The van der Waals surface area contributed by atoms with E-state index >= 15 is 0 Å². The van der Waals surface area contributed by atoms with E-state index in [1.165, 1.54) is 0 Å². The maximum Gasteiger partial charge on any atom is 0.346 e. The van der Waals surface area contributed by atoms with Crippen LogP contribution in [0.2, 0.25) is 0 Å². The molecule has 0 aromatic rings. The molecule has 0 aliphatic rings. The predicted molar refractivity (Wildman–Crippen MR) is 48.7 cm³/mol. The van der Waals surface area contributed by atoms with Crippen molar-refractivity contribution in [2.24, 2.45) is 5.41 Å². The van der Waals surface area contributed by atoms with Crippen LogP contribution in [-0.4, -0.2) is 11.9 Å². The van der Waals surface area contributed by atoms with Gasteiger partial charge in [0.2, 0.25) is 0 Å². The number of hydrogen-bond donors (Lipinski definition) is 0. The molecular weight excluding hydrogens is 204 g/mol. The summed E-state index contributed by atoms with van der Waals surface area (Å²) in [4.78, 5) is 29.4. The summed E-state index contributed by atoms with van der Waals surface area (Å²) in [5.74, 6) is -1.30. The molecule has 0 spiro atoms. The summed E-state index contributed by atoms with van der Waals surface area (Å²) in [5.41, 5.74) is -0.165. The number of carbonyl (C=O) groups is 2. The average Bonchev–Trinajstić information content (AvgIpc) is 2.11. The van der Waals surface area contributed by atoms with E-state index in [2.05, 4.69) is 19.9 Å². The Morgan fingerprint density at radius 3 is 2.13 bits per heavy atom. The largest absolute Gasteiger partial charge is 0.346 e. The molecule has 0 saturated heterocycles. The highest BCUT2D eigenvalue weighted by Crippen LogP contribution is 2.24. The number of hydrogen-bond acceptors (Lipinski definition) is 6. The van der Waals surface area contributed by atoms with Gasteiger partial charge >= 0.3 is 11.9 Å². The van der Waals surface area contributed by atoms with Crippen molar-refractivity contribution in [3.8, 4) is 0 Å². The zero-order chi connectivity index (χ0) is 11.9. The molecule has 15 heavy (non-hydrogen) atoms. The third-order valence-electron chi connectivity index (χ3n) is 1.89. The van der Waals surface area contributed by atoms with Gasteiger partial charge in [0, 0.05) is 17.0 Å². The van der Waals surface area contributed by atoms with Crippen LogP contribution in [0.1, 0.15) is 40.5 Å². The van der Waals surface area contributed by atoms with Crippen molar-refractivity contribution in [2.75, 3.05) is 0 Å². The maximum absolute atomic E-state index is 11.1. The molecular formula is C9H16O6. The Kier molecular flexibility index (Phi) is 5.88. The molecule has 6 heteroatoms. The van der Waals surface area contributed by atoms with E-state index < -0.39 is 11.9 Å². The minimum Gasteiger partial charge on any atom is -0.266 e. The van der Waals surface area contributed by atoms with Gasteiger partial charge in [-0.05, 0) is 5.41 Å². The second-order valence-electron chi connectivity index (χ2n) is 3.86. The van der Waals surface area contributed by atoms with E-state index in [-0.39, 0.29) is 11.8 Å². The molecule has 0 fully saturated rings. The molecule has 0 rings (SSSR count). The quantitative estimate of drug-likeness (QED) is 0.385. The van der Waals surface area contributed by atoms with E-state index in [1.54, 1.807) is 0 Å². The van der Waals surface area contributed by atoms with E-state index in [0.717, 1.165) is 13.3 Å². The summed E-state index contributed by atoms with van der Waals surface area (Å²) in [6.45, 7) is 6.91. The van der Waals surface area contributed by atoms with Crippen LogP contribution in [0.5, 0.6) is 0 Å². The van der Waals surface area contributed by atoms with Crippen molar-refractivity contribution in [1.82, 2.24) is 0 Å². The summed E-state index contributed by atoms with van der Waals surface area (Å²) in [5, 5.41) is 7.73. The Morgan fingerprint density at radius 2 is 1.67 bits per heavy atom. The summed E-state index contributed by atoms with van der Waals surface area (Å²) in [7, 11) is 0. The monoisotopic (exact) mass is 220 g/mol. The summed E-state index contributed by atoms with van der Waals surface area (Å²) in [6.07, 6.45) is 1.01. The molecule has 0 unspecified atom stereocenters. The number of carbonyl (C=O) groups excluding carboxylic acids is 2. The maximum atomic E-state index is 11.1.